The van der Waals surface area contributed by atoms with Crippen LogP contribution in [0.25, 0.3) is 6.08 Å². The summed E-state index contributed by atoms with van der Waals surface area (Å²) < 4.78 is 6.03. The zero-order valence-corrected chi connectivity index (χ0v) is 12.5. The molecule has 0 N–H and O–H groups in total. The molecule has 1 fully saturated rings. The van der Waals surface area contributed by atoms with Crippen molar-refractivity contribution < 1.29 is 9.21 Å². The molecule has 18 heavy (non-hydrogen) atoms. The molecule has 96 valence electrons. The molecule has 1 saturated heterocycles. The number of amidine groups is 1. The van der Waals surface area contributed by atoms with E-state index in [2.05, 4.69) is 20.9 Å². The number of carbonyl (C=O) groups excluding carboxylic acids is 1. The van der Waals surface area contributed by atoms with Crippen LogP contribution in [0.15, 0.2) is 31.1 Å². The van der Waals surface area contributed by atoms with Gasteiger partial charge in [0.2, 0.25) is 0 Å². The minimum absolute atomic E-state index is 0.0118. The molecule has 0 spiro atoms. The fourth-order valence-corrected chi connectivity index (χ4v) is 2.98. The lowest BCUT2D eigenvalue weighted by molar-refractivity contribution is -0.122. The molecule has 1 amide bonds. The van der Waals surface area contributed by atoms with Crippen molar-refractivity contribution in [1.82, 2.24) is 4.90 Å². The second-order valence-electron chi connectivity index (χ2n) is 3.56. The minimum Gasteiger partial charge on any atom is -0.450 e. The number of thioether (sulfide) groups is 1. The van der Waals surface area contributed by atoms with Gasteiger partial charge in [-0.1, -0.05) is 0 Å². The highest BCUT2D eigenvalue weighted by atomic mass is 79.9. The summed E-state index contributed by atoms with van der Waals surface area (Å²) in [6.07, 6.45) is 1.75. The van der Waals surface area contributed by atoms with Crippen molar-refractivity contribution in [2.75, 3.05) is 13.1 Å². The van der Waals surface area contributed by atoms with Gasteiger partial charge in [0.15, 0.2) is 9.84 Å². The first kappa shape index (κ1) is 13.4. The number of rotatable bonds is 3. The van der Waals surface area contributed by atoms with E-state index < -0.39 is 0 Å². The molecule has 4 nitrogen and oxygen atoms in total. The number of nitrogens with zero attached hydrogens (tertiary/aromatic N) is 2. The van der Waals surface area contributed by atoms with Crippen molar-refractivity contribution in [1.29, 1.82) is 0 Å². The van der Waals surface area contributed by atoms with E-state index in [1.54, 1.807) is 17.0 Å². The molecule has 0 unspecified atom stereocenters. The lowest BCUT2D eigenvalue weighted by Crippen LogP contribution is -2.28. The molecule has 0 radical (unpaired) electrons. The van der Waals surface area contributed by atoms with Gasteiger partial charge in [-0.15, -0.1) is 0 Å². The first-order chi connectivity index (χ1) is 8.65. The Morgan fingerprint density at radius 1 is 1.50 bits per heavy atom. The van der Waals surface area contributed by atoms with E-state index in [4.69, 9.17) is 4.42 Å². The topological polar surface area (TPSA) is 45.8 Å². The quantitative estimate of drug-likeness (QED) is 0.799. The van der Waals surface area contributed by atoms with E-state index in [-0.39, 0.29) is 5.91 Å². The lowest BCUT2D eigenvalue weighted by atomic mass is 10.3. The van der Waals surface area contributed by atoms with Crippen LogP contribution in [-0.2, 0) is 4.79 Å². The van der Waals surface area contributed by atoms with Gasteiger partial charge in [0.05, 0.1) is 4.91 Å². The van der Waals surface area contributed by atoms with Gasteiger partial charge in [-0.3, -0.25) is 14.7 Å². The number of aliphatic imine (C=N–C) groups is 1. The molecule has 6 heteroatoms. The van der Waals surface area contributed by atoms with Crippen molar-refractivity contribution in [2.24, 2.45) is 4.99 Å². The number of hydrogen-bond acceptors (Lipinski definition) is 4. The molecular weight excluding hydrogens is 316 g/mol. The maximum absolute atomic E-state index is 12.1. The SMILES string of the molecule is CCN=C1SC(=Cc2ccc(Br)o2)C(=O)N1CC. The number of amides is 1. The van der Waals surface area contributed by atoms with Gasteiger partial charge in [-0.25, -0.2) is 0 Å². The third-order valence-electron chi connectivity index (χ3n) is 2.37. The fraction of sp³-hybridized carbons (Fsp3) is 0.333. The van der Waals surface area contributed by atoms with Crippen LogP contribution < -0.4 is 0 Å². The van der Waals surface area contributed by atoms with Crippen molar-refractivity contribution in [3.63, 3.8) is 0 Å². The van der Waals surface area contributed by atoms with Crippen LogP contribution in [0.1, 0.15) is 19.6 Å². The summed E-state index contributed by atoms with van der Waals surface area (Å²) in [4.78, 5) is 18.8. The molecule has 1 aromatic rings. The van der Waals surface area contributed by atoms with Crippen LogP contribution >= 0.6 is 27.7 Å². The summed E-state index contributed by atoms with van der Waals surface area (Å²) in [6.45, 7) is 5.20. The molecule has 2 rings (SSSR count). The van der Waals surface area contributed by atoms with E-state index >= 15 is 0 Å². The monoisotopic (exact) mass is 328 g/mol. The normalized spacial score (nSPS) is 20.4. The van der Waals surface area contributed by atoms with Gasteiger partial charge in [0, 0.05) is 19.2 Å². The molecule has 0 bridgehead atoms. The molecule has 1 aliphatic rings. The van der Waals surface area contributed by atoms with Gasteiger partial charge in [0.1, 0.15) is 5.76 Å². The molecule has 1 aliphatic heterocycles. The molecular formula is C12H13BrN2O2S. The summed E-state index contributed by atoms with van der Waals surface area (Å²) >= 11 is 4.63. The van der Waals surface area contributed by atoms with Crippen LogP contribution in [0.5, 0.6) is 0 Å². The van der Waals surface area contributed by atoms with Crippen LogP contribution in [0.2, 0.25) is 0 Å². The highest BCUT2D eigenvalue weighted by molar-refractivity contribution is 9.10. The smallest absolute Gasteiger partial charge is 0.266 e. The Morgan fingerprint density at radius 3 is 2.83 bits per heavy atom. The summed E-state index contributed by atoms with van der Waals surface area (Å²) in [6, 6.07) is 3.62. The highest BCUT2D eigenvalue weighted by Crippen LogP contribution is 2.32. The molecule has 0 saturated carbocycles. The second kappa shape index (κ2) is 5.75. The van der Waals surface area contributed by atoms with Crippen molar-refractivity contribution >= 4 is 44.8 Å². The third-order valence-corrected chi connectivity index (χ3v) is 3.84. The predicted octanol–water partition coefficient (Wildman–Crippen LogP) is 3.35. The minimum atomic E-state index is -0.0118. The summed E-state index contributed by atoms with van der Waals surface area (Å²) in [5.74, 6) is 0.647. The Kier molecular flexibility index (Phi) is 4.29. The Labute approximate surface area is 118 Å². The van der Waals surface area contributed by atoms with Gasteiger partial charge < -0.3 is 4.42 Å². The first-order valence-electron chi connectivity index (χ1n) is 5.67. The summed E-state index contributed by atoms with van der Waals surface area (Å²) in [5, 5.41) is 0.766. The number of likely N-dealkylation sites (N-methyl/N-ethyl adjacent to an activating group) is 1. The average molecular weight is 329 g/mol. The Morgan fingerprint density at radius 2 is 2.28 bits per heavy atom. The third kappa shape index (κ3) is 2.70. The fourth-order valence-electron chi connectivity index (χ4n) is 1.58. The summed E-state index contributed by atoms with van der Waals surface area (Å²) in [5.41, 5.74) is 0. The maximum atomic E-state index is 12.1. The molecule has 0 aliphatic carbocycles. The van der Waals surface area contributed by atoms with Crippen molar-refractivity contribution in [3.8, 4) is 0 Å². The van der Waals surface area contributed by atoms with Gasteiger partial charge in [0.25, 0.3) is 5.91 Å². The highest BCUT2D eigenvalue weighted by Gasteiger charge is 2.32. The molecule has 0 aromatic carbocycles. The van der Waals surface area contributed by atoms with E-state index in [1.807, 2.05) is 19.9 Å². The maximum Gasteiger partial charge on any atom is 0.266 e. The van der Waals surface area contributed by atoms with Gasteiger partial charge in [-0.2, -0.15) is 0 Å². The first-order valence-corrected chi connectivity index (χ1v) is 7.27. The second-order valence-corrected chi connectivity index (χ2v) is 5.35. The van der Waals surface area contributed by atoms with Crippen LogP contribution in [-0.4, -0.2) is 29.1 Å². The summed E-state index contributed by atoms with van der Waals surface area (Å²) in [7, 11) is 0. The van der Waals surface area contributed by atoms with Crippen molar-refractivity contribution in [3.05, 3.63) is 27.5 Å². The number of hydrogen-bond donors (Lipinski definition) is 0. The van der Waals surface area contributed by atoms with Gasteiger partial charge >= 0.3 is 0 Å². The van der Waals surface area contributed by atoms with Crippen LogP contribution in [0, 0.1) is 0 Å². The molecule has 2 heterocycles. The van der Waals surface area contributed by atoms with Crippen LogP contribution in [0.3, 0.4) is 0 Å². The lowest BCUT2D eigenvalue weighted by Gasteiger charge is -2.11. The van der Waals surface area contributed by atoms with Crippen LogP contribution in [0.4, 0.5) is 0 Å². The van der Waals surface area contributed by atoms with E-state index in [9.17, 15) is 4.79 Å². The zero-order chi connectivity index (χ0) is 13.1. The Bertz CT molecular complexity index is 522. The predicted molar refractivity (Wildman–Crippen MR) is 77.3 cm³/mol. The average Bonchev–Trinajstić information content (AvgIpc) is 2.86. The molecule has 1 aromatic heterocycles. The zero-order valence-electron chi connectivity index (χ0n) is 10.1. The number of furan rings is 1. The van der Waals surface area contributed by atoms with E-state index in [0.29, 0.717) is 28.4 Å². The molecule has 0 atom stereocenters. The largest absolute Gasteiger partial charge is 0.450 e. The number of halogens is 1. The Balaban J connectivity index is 2.28. The van der Waals surface area contributed by atoms with Crippen molar-refractivity contribution in [2.45, 2.75) is 13.8 Å². The van der Waals surface area contributed by atoms with Gasteiger partial charge in [-0.05, 0) is 53.7 Å². The van der Waals surface area contributed by atoms with E-state index in [1.165, 1.54) is 11.8 Å². The Hall–Kier alpha value is -1.01. The standard InChI is InChI=1S/C12H13BrN2O2S/c1-3-14-12-15(4-2)11(16)9(18-12)7-8-5-6-10(13)17-8/h5-7H,3-4H2,1-2H3. The number of carbonyl (C=O) groups is 1. The van der Waals surface area contributed by atoms with E-state index in [0.717, 1.165) is 5.17 Å².